The summed E-state index contributed by atoms with van der Waals surface area (Å²) >= 11 is 6.15. The number of imidazole rings is 1. The van der Waals surface area contributed by atoms with E-state index < -0.39 is 0 Å². The number of carbonyl (C=O) groups excluding carboxylic acids is 1. The van der Waals surface area contributed by atoms with E-state index in [1.165, 1.54) is 0 Å². The molecule has 0 spiro atoms. The molecule has 1 amide bonds. The van der Waals surface area contributed by atoms with Gasteiger partial charge in [0.1, 0.15) is 23.4 Å². The molecule has 0 bridgehead atoms. The van der Waals surface area contributed by atoms with Crippen molar-refractivity contribution in [2.24, 2.45) is 7.05 Å². The van der Waals surface area contributed by atoms with Crippen LogP contribution >= 0.6 is 11.6 Å². The number of benzene rings is 1. The zero-order valence-corrected chi connectivity index (χ0v) is 21.0. The SMILES string of the molecule is CC(C)N1Cc2c(NC(c3ccc(Cl)cc3)c3nccn3C)nc(NCCN(C)C)nc2C1=O. The topological polar surface area (TPSA) is 91.2 Å². The van der Waals surface area contributed by atoms with Crippen molar-refractivity contribution in [1.29, 1.82) is 0 Å². The lowest BCUT2D eigenvalue weighted by Crippen LogP contribution is -2.31. The smallest absolute Gasteiger partial charge is 0.273 e. The molecule has 1 unspecified atom stereocenters. The maximum Gasteiger partial charge on any atom is 0.273 e. The van der Waals surface area contributed by atoms with E-state index in [-0.39, 0.29) is 18.0 Å². The molecule has 4 rings (SSSR count). The molecule has 1 aliphatic rings. The quantitative estimate of drug-likeness (QED) is 0.483. The maximum absolute atomic E-state index is 13.1. The van der Waals surface area contributed by atoms with E-state index in [2.05, 4.69) is 25.5 Å². The summed E-state index contributed by atoms with van der Waals surface area (Å²) in [4.78, 5) is 31.0. The Hall–Kier alpha value is -3.17. The van der Waals surface area contributed by atoms with E-state index in [4.69, 9.17) is 16.6 Å². The van der Waals surface area contributed by atoms with Crippen molar-refractivity contribution in [3.63, 3.8) is 0 Å². The maximum atomic E-state index is 13.1. The van der Waals surface area contributed by atoms with Gasteiger partial charge in [0, 0.05) is 49.2 Å². The van der Waals surface area contributed by atoms with Crippen LogP contribution in [0.25, 0.3) is 0 Å². The van der Waals surface area contributed by atoms with Gasteiger partial charge in [-0.15, -0.1) is 0 Å². The van der Waals surface area contributed by atoms with Crippen molar-refractivity contribution in [2.45, 2.75) is 32.5 Å². The van der Waals surface area contributed by atoms with Crippen LogP contribution in [0.4, 0.5) is 11.8 Å². The summed E-state index contributed by atoms with van der Waals surface area (Å²) in [5.41, 5.74) is 2.22. The third-order valence-electron chi connectivity index (χ3n) is 5.87. The predicted molar refractivity (Wildman–Crippen MR) is 134 cm³/mol. The highest BCUT2D eigenvalue weighted by molar-refractivity contribution is 6.30. The van der Waals surface area contributed by atoms with Crippen molar-refractivity contribution in [1.82, 2.24) is 29.3 Å². The highest BCUT2D eigenvalue weighted by Gasteiger charge is 2.35. The summed E-state index contributed by atoms with van der Waals surface area (Å²) in [5.74, 6) is 1.79. The van der Waals surface area contributed by atoms with E-state index in [1.54, 1.807) is 6.20 Å². The summed E-state index contributed by atoms with van der Waals surface area (Å²) in [6.07, 6.45) is 3.67. The number of carbonyl (C=O) groups is 1. The highest BCUT2D eigenvalue weighted by atomic mass is 35.5. The average molecular weight is 483 g/mol. The summed E-state index contributed by atoms with van der Waals surface area (Å²) in [7, 11) is 5.97. The number of fused-ring (bicyclic) bond motifs is 1. The number of rotatable bonds is 9. The number of hydrogen-bond donors (Lipinski definition) is 2. The lowest BCUT2D eigenvalue weighted by atomic mass is 10.1. The second-order valence-corrected chi connectivity index (χ2v) is 9.44. The van der Waals surface area contributed by atoms with E-state index in [1.807, 2.05) is 74.9 Å². The Bertz CT molecular complexity index is 1160. The standard InChI is InChI=1S/C24H31ClN8O/c1-15(2)33-14-18-20(23(33)34)29-24(27-10-12-31(3)4)30-21(18)28-19(22-26-11-13-32(22)5)16-6-8-17(25)9-7-16/h6-9,11,13,15,19H,10,12,14H2,1-5H3,(H2,27,28,29,30). The van der Waals surface area contributed by atoms with E-state index in [0.717, 1.165) is 23.5 Å². The fourth-order valence-corrected chi connectivity index (χ4v) is 4.07. The molecule has 34 heavy (non-hydrogen) atoms. The Morgan fingerprint density at radius 1 is 1.18 bits per heavy atom. The van der Waals surface area contributed by atoms with Gasteiger partial charge in [-0.25, -0.2) is 9.97 Å². The van der Waals surface area contributed by atoms with Gasteiger partial charge in [0.05, 0.1) is 6.54 Å². The molecule has 180 valence electrons. The summed E-state index contributed by atoms with van der Waals surface area (Å²) in [6.45, 7) is 5.94. The van der Waals surface area contributed by atoms with Gasteiger partial charge < -0.3 is 25.0 Å². The zero-order chi connectivity index (χ0) is 24.4. The number of halogens is 1. The summed E-state index contributed by atoms with van der Waals surface area (Å²) in [5, 5.41) is 7.50. The van der Waals surface area contributed by atoms with Crippen LogP contribution in [0.3, 0.4) is 0 Å². The lowest BCUT2D eigenvalue weighted by molar-refractivity contribution is 0.0726. The van der Waals surface area contributed by atoms with Crippen LogP contribution in [0.5, 0.6) is 0 Å². The second kappa shape index (κ2) is 9.99. The fraction of sp³-hybridized carbons (Fsp3) is 0.417. The van der Waals surface area contributed by atoms with Gasteiger partial charge in [0.25, 0.3) is 5.91 Å². The van der Waals surface area contributed by atoms with Crippen LogP contribution in [0, 0.1) is 0 Å². The van der Waals surface area contributed by atoms with E-state index >= 15 is 0 Å². The second-order valence-electron chi connectivity index (χ2n) is 9.01. The van der Waals surface area contributed by atoms with Gasteiger partial charge in [-0.1, -0.05) is 23.7 Å². The van der Waals surface area contributed by atoms with E-state index in [0.29, 0.717) is 35.6 Å². The molecule has 9 nitrogen and oxygen atoms in total. The number of hydrogen-bond acceptors (Lipinski definition) is 7. The van der Waals surface area contributed by atoms with Crippen molar-refractivity contribution < 1.29 is 4.79 Å². The Morgan fingerprint density at radius 3 is 2.53 bits per heavy atom. The van der Waals surface area contributed by atoms with Crippen LogP contribution in [-0.2, 0) is 13.6 Å². The molecule has 10 heteroatoms. The first kappa shape index (κ1) is 24.0. The molecule has 2 aromatic heterocycles. The third-order valence-corrected chi connectivity index (χ3v) is 6.12. The van der Waals surface area contributed by atoms with Crippen LogP contribution in [0.2, 0.25) is 5.02 Å². The van der Waals surface area contributed by atoms with Gasteiger partial charge in [0.15, 0.2) is 0 Å². The van der Waals surface area contributed by atoms with E-state index in [9.17, 15) is 4.79 Å². The van der Waals surface area contributed by atoms with Crippen LogP contribution in [0.15, 0.2) is 36.7 Å². The molecule has 0 saturated heterocycles. The lowest BCUT2D eigenvalue weighted by Gasteiger charge is -2.22. The molecule has 3 aromatic rings. The van der Waals surface area contributed by atoms with Crippen LogP contribution in [0.1, 0.15) is 47.3 Å². The van der Waals surface area contributed by atoms with Crippen LogP contribution < -0.4 is 10.6 Å². The van der Waals surface area contributed by atoms with Gasteiger partial charge in [-0.2, -0.15) is 4.98 Å². The molecule has 0 radical (unpaired) electrons. The number of amides is 1. The number of likely N-dealkylation sites (N-methyl/N-ethyl adjacent to an activating group) is 1. The van der Waals surface area contributed by atoms with Gasteiger partial charge in [-0.05, 0) is 45.6 Å². The number of anilines is 2. The first-order valence-corrected chi connectivity index (χ1v) is 11.7. The van der Waals surface area contributed by atoms with Crippen LogP contribution in [-0.4, -0.2) is 68.5 Å². The molecular weight excluding hydrogens is 452 g/mol. The first-order valence-electron chi connectivity index (χ1n) is 11.3. The Labute approximate surface area is 205 Å². The number of nitrogens with one attached hydrogen (secondary N) is 2. The molecule has 1 aliphatic heterocycles. The third kappa shape index (κ3) is 5.00. The minimum Gasteiger partial charge on any atom is -0.356 e. The van der Waals surface area contributed by atoms with Crippen molar-refractivity contribution in [2.75, 3.05) is 37.8 Å². The van der Waals surface area contributed by atoms with Gasteiger partial charge in [-0.3, -0.25) is 4.79 Å². The van der Waals surface area contributed by atoms with Crippen molar-refractivity contribution in [3.8, 4) is 0 Å². The largest absolute Gasteiger partial charge is 0.356 e. The Balaban J connectivity index is 1.75. The average Bonchev–Trinajstić information content (AvgIpc) is 3.36. The number of aromatic nitrogens is 4. The van der Waals surface area contributed by atoms with Gasteiger partial charge >= 0.3 is 0 Å². The molecule has 0 aliphatic carbocycles. The molecule has 2 N–H and O–H groups in total. The molecule has 0 fully saturated rings. The fourth-order valence-electron chi connectivity index (χ4n) is 3.94. The predicted octanol–water partition coefficient (Wildman–Crippen LogP) is 3.40. The molecule has 0 saturated carbocycles. The summed E-state index contributed by atoms with van der Waals surface area (Å²) < 4.78 is 1.97. The van der Waals surface area contributed by atoms with Crippen molar-refractivity contribution in [3.05, 3.63) is 64.3 Å². The molecule has 1 aromatic carbocycles. The normalized spacial score (nSPS) is 14.1. The Morgan fingerprint density at radius 2 is 1.91 bits per heavy atom. The monoisotopic (exact) mass is 482 g/mol. The number of nitrogens with zero attached hydrogens (tertiary/aromatic N) is 6. The minimum atomic E-state index is -0.297. The highest BCUT2D eigenvalue weighted by Crippen LogP contribution is 2.33. The number of aryl methyl sites for hydroxylation is 1. The first-order chi connectivity index (χ1) is 16.2. The molecular formula is C24H31ClN8O. The molecule has 3 heterocycles. The Kier molecular flexibility index (Phi) is 7.04. The van der Waals surface area contributed by atoms with Crippen molar-refractivity contribution >= 4 is 29.3 Å². The molecule has 1 atom stereocenters. The minimum absolute atomic E-state index is 0.0568. The zero-order valence-electron chi connectivity index (χ0n) is 20.2. The summed E-state index contributed by atoms with van der Waals surface area (Å²) in [6, 6.07) is 7.42. The van der Waals surface area contributed by atoms with Gasteiger partial charge in [0.2, 0.25) is 5.95 Å².